The van der Waals surface area contributed by atoms with E-state index < -0.39 is 0 Å². The number of nitrogens with zero attached hydrogens (tertiary/aromatic N) is 4. The van der Waals surface area contributed by atoms with Gasteiger partial charge in [-0.1, -0.05) is 17.3 Å². The van der Waals surface area contributed by atoms with E-state index in [1.807, 2.05) is 24.3 Å². The van der Waals surface area contributed by atoms with Crippen LogP contribution in [0.25, 0.3) is 11.4 Å². The second-order valence-electron chi connectivity index (χ2n) is 8.11. The van der Waals surface area contributed by atoms with Crippen molar-refractivity contribution in [1.29, 1.82) is 0 Å². The Hall–Kier alpha value is -3.06. The first-order valence-electron chi connectivity index (χ1n) is 10.9. The first-order chi connectivity index (χ1) is 15.1. The first-order valence-corrected chi connectivity index (χ1v) is 10.9. The molecule has 1 aliphatic rings. The summed E-state index contributed by atoms with van der Waals surface area (Å²) in [5.41, 5.74) is 3.55. The molecule has 3 aromatic rings. The van der Waals surface area contributed by atoms with Gasteiger partial charge in [-0.15, -0.1) is 0 Å². The van der Waals surface area contributed by atoms with Crippen LogP contribution in [-0.2, 0) is 0 Å². The summed E-state index contributed by atoms with van der Waals surface area (Å²) < 4.78 is 10.5. The standard InChI is InChI=1S/C24H31N5O2/c1-18-6-4-7-21(16-18)29-15-14-28(17-19(29)2)13-5-12-25-24-26-23(27-31-24)20-8-10-22(30-3)11-9-20/h4,6-11,16,19H,5,12-15,17H2,1-3H3,(H,25,26,27). The van der Waals surface area contributed by atoms with E-state index in [1.165, 1.54) is 11.3 Å². The van der Waals surface area contributed by atoms with Gasteiger partial charge in [0.1, 0.15) is 5.75 Å². The van der Waals surface area contributed by atoms with Crippen molar-refractivity contribution in [2.75, 3.05) is 50.1 Å². The van der Waals surface area contributed by atoms with Gasteiger partial charge in [0.2, 0.25) is 5.82 Å². The van der Waals surface area contributed by atoms with Gasteiger partial charge in [0.25, 0.3) is 0 Å². The minimum absolute atomic E-state index is 0.462. The van der Waals surface area contributed by atoms with E-state index in [0.717, 1.165) is 50.5 Å². The topological polar surface area (TPSA) is 66.7 Å². The fraction of sp³-hybridized carbons (Fsp3) is 0.417. The number of benzene rings is 2. The Morgan fingerprint density at radius 2 is 2.00 bits per heavy atom. The molecule has 1 fully saturated rings. The second-order valence-corrected chi connectivity index (χ2v) is 8.11. The third kappa shape index (κ3) is 5.35. The highest BCUT2D eigenvalue weighted by Crippen LogP contribution is 2.22. The van der Waals surface area contributed by atoms with Gasteiger partial charge in [-0.05, 0) is 68.8 Å². The van der Waals surface area contributed by atoms with Crippen molar-refractivity contribution in [3.8, 4) is 17.1 Å². The molecule has 0 aliphatic carbocycles. The van der Waals surface area contributed by atoms with Gasteiger partial charge in [0, 0.05) is 43.5 Å². The summed E-state index contributed by atoms with van der Waals surface area (Å²) in [5.74, 6) is 1.38. The quantitative estimate of drug-likeness (QED) is 0.550. The molecule has 1 saturated heterocycles. The number of piperazine rings is 1. The molecule has 7 heteroatoms. The number of nitrogens with one attached hydrogen (secondary N) is 1. The SMILES string of the molecule is COc1ccc(-c2noc(NCCCN3CCN(c4cccc(C)c4)C(C)C3)n2)cc1. The zero-order valence-electron chi connectivity index (χ0n) is 18.5. The molecule has 1 aromatic heterocycles. The van der Waals surface area contributed by atoms with Crippen molar-refractivity contribution in [2.45, 2.75) is 26.3 Å². The molecule has 164 valence electrons. The van der Waals surface area contributed by atoms with E-state index >= 15 is 0 Å². The molecule has 0 radical (unpaired) electrons. The van der Waals surface area contributed by atoms with Crippen molar-refractivity contribution in [3.63, 3.8) is 0 Å². The number of aryl methyl sites for hydroxylation is 1. The molecule has 0 saturated carbocycles. The van der Waals surface area contributed by atoms with E-state index in [1.54, 1.807) is 7.11 Å². The van der Waals surface area contributed by atoms with Crippen LogP contribution in [0.4, 0.5) is 11.7 Å². The maximum Gasteiger partial charge on any atom is 0.321 e. The lowest BCUT2D eigenvalue weighted by molar-refractivity contribution is 0.228. The Morgan fingerprint density at radius 3 is 2.74 bits per heavy atom. The van der Waals surface area contributed by atoms with Crippen molar-refractivity contribution in [3.05, 3.63) is 54.1 Å². The van der Waals surface area contributed by atoms with Crippen LogP contribution in [0.2, 0.25) is 0 Å². The third-order valence-electron chi connectivity index (χ3n) is 5.75. The van der Waals surface area contributed by atoms with E-state index in [-0.39, 0.29) is 0 Å². The molecule has 2 heterocycles. The van der Waals surface area contributed by atoms with Crippen molar-refractivity contribution < 1.29 is 9.26 Å². The highest BCUT2D eigenvalue weighted by Gasteiger charge is 2.23. The molecule has 0 spiro atoms. The number of hydrogen-bond acceptors (Lipinski definition) is 7. The number of anilines is 2. The Labute approximate surface area is 184 Å². The minimum Gasteiger partial charge on any atom is -0.497 e. The van der Waals surface area contributed by atoms with Crippen LogP contribution in [0.15, 0.2) is 53.1 Å². The number of ether oxygens (including phenoxy) is 1. The van der Waals surface area contributed by atoms with Gasteiger partial charge < -0.3 is 19.5 Å². The lowest BCUT2D eigenvalue weighted by Crippen LogP contribution is -2.52. The zero-order valence-corrected chi connectivity index (χ0v) is 18.5. The Balaban J connectivity index is 1.20. The van der Waals surface area contributed by atoms with Gasteiger partial charge in [-0.3, -0.25) is 4.90 Å². The van der Waals surface area contributed by atoms with E-state index in [4.69, 9.17) is 9.26 Å². The summed E-state index contributed by atoms with van der Waals surface area (Å²) in [7, 11) is 1.65. The lowest BCUT2D eigenvalue weighted by atomic mass is 10.1. The van der Waals surface area contributed by atoms with Crippen LogP contribution < -0.4 is 15.0 Å². The lowest BCUT2D eigenvalue weighted by Gasteiger charge is -2.41. The predicted molar refractivity (Wildman–Crippen MR) is 124 cm³/mol. The summed E-state index contributed by atoms with van der Waals surface area (Å²) in [6.07, 6.45) is 1.03. The second kappa shape index (κ2) is 9.83. The zero-order chi connectivity index (χ0) is 21.6. The fourth-order valence-electron chi connectivity index (χ4n) is 4.08. The Kier molecular flexibility index (Phi) is 6.72. The molecule has 1 N–H and O–H groups in total. The van der Waals surface area contributed by atoms with Crippen LogP contribution >= 0.6 is 0 Å². The molecule has 0 bridgehead atoms. The van der Waals surface area contributed by atoms with Crippen molar-refractivity contribution in [1.82, 2.24) is 15.0 Å². The normalized spacial score (nSPS) is 17.0. The van der Waals surface area contributed by atoms with Gasteiger partial charge in [0.15, 0.2) is 0 Å². The third-order valence-corrected chi connectivity index (χ3v) is 5.75. The number of aromatic nitrogens is 2. The van der Waals surface area contributed by atoms with E-state index in [0.29, 0.717) is 17.9 Å². The molecule has 1 unspecified atom stereocenters. The molecular formula is C24H31N5O2. The van der Waals surface area contributed by atoms with Crippen LogP contribution in [0, 0.1) is 6.92 Å². The van der Waals surface area contributed by atoms with Crippen molar-refractivity contribution in [2.24, 2.45) is 0 Å². The summed E-state index contributed by atoms with van der Waals surface area (Å²) in [5, 5.41) is 7.31. The molecule has 0 amide bonds. The summed E-state index contributed by atoms with van der Waals surface area (Å²) >= 11 is 0. The molecule has 4 rings (SSSR count). The first kappa shape index (κ1) is 21.2. The van der Waals surface area contributed by atoms with Crippen LogP contribution in [-0.4, -0.2) is 60.9 Å². The fourth-order valence-corrected chi connectivity index (χ4v) is 4.08. The summed E-state index contributed by atoms with van der Waals surface area (Å²) in [6, 6.07) is 17.4. The molecule has 7 nitrogen and oxygen atoms in total. The van der Waals surface area contributed by atoms with Crippen LogP contribution in [0.1, 0.15) is 18.9 Å². The van der Waals surface area contributed by atoms with Gasteiger partial charge in [0.05, 0.1) is 7.11 Å². The Bertz CT molecular complexity index is 972. The van der Waals surface area contributed by atoms with E-state index in [9.17, 15) is 0 Å². The highest BCUT2D eigenvalue weighted by atomic mass is 16.5. The molecular weight excluding hydrogens is 390 g/mol. The molecule has 1 atom stereocenters. The molecule has 1 aliphatic heterocycles. The number of hydrogen-bond donors (Lipinski definition) is 1. The molecule has 2 aromatic carbocycles. The minimum atomic E-state index is 0.462. The average molecular weight is 422 g/mol. The maximum atomic E-state index is 5.33. The predicted octanol–water partition coefficient (Wildman–Crippen LogP) is 4.07. The summed E-state index contributed by atoms with van der Waals surface area (Å²) in [6.45, 7) is 9.55. The van der Waals surface area contributed by atoms with Gasteiger partial charge in [-0.2, -0.15) is 4.98 Å². The molecule has 31 heavy (non-hydrogen) atoms. The average Bonchev–Trinajstić information content (AvgIpc) is 3.26. The summed E-state index contributed by atoms with van der Waals surface area (Å²) in [4.78, 5) is 9.48. The van der Waals surface area contributed by atoms with Gasteiger partial charge in [-0.25, -0.2) is 0 Å². The maximum absolute atomic E-state index is 5.33. The monoisotopic (exact) mass is 421 g/mol. The Morgan fingerprint density at radius 1 is 1.16 bits per heavy atom. The number of rotatable bonds is 8. The van der Waals surface area contributed by atoms with E-state index in [2.05, 4.69) is 63.4 Å². The highest BCUT2D eigenvalue weighted by molar-refractivity contribution is 5.56. The smallest absolute Gasteiger partial charge is 0.321 e. The largest absolute Gasteiger partial charge is 0.497 e. The van der Waals surface area contributed by atoms with Crippen LogP contribution in [0.5, 0.6) is 5.75 Å². The van der Waals surface area contributed by atoms with Gasteiger partial charge >= 0.3 is 6.01 Å². The number of methoxy groups -OCH3 is 1. The van der Waals surface area contributed by atoms with Crippen LogP contribution in [0.3, 0.4) is 0 Å². The van der Waals surface area contributed by atoms with Crippen molar-refractivity contribution >= 4 is 11.7 Å².